The van der Waals surface area contributed by atoms with Gasteiger partial charge in [-0.05, 0) is 27.2 Å². The van der Waals surface area contributed by atoms with Crippen LogP contribution < -0.4 is 5.32 Å². The average Bonchev–Trinajstić information content (AvgIpc) is 2.92. The number of imidazole rings is 1. The summed E-state index contributed by atoms with van der Waals surface area (Å²) in [4.78, 5) is 16.8. The summed E-state index contributed by atoms with van der Waals surface area (Å²) in [6.07, 6.45) is 4.33. The molecule has 3 heterocycles. The van der Waals surface area contributed by atoms with E-state index in [0.717, 1.165) is 47.9 Å². The van der Waals surface area contributed by atoms with Crippen LogP contribution in [-0.2, 0) is 31.2 Å². The van der Waals surface area contributed by atoms with E-state index >= 15 is 0 Å². The zero-order valence-electron chi connectivity index (χ0n) is 13.7. The highest BCUT2D eigenvalue weighted by Gasteiger charge is 2.22. The Bertz CT molecular complexity index is 712. The molecule has 2 aromatic rings. The van der Waals surface area contributed by atoms with E-state index in [1.807, 2.05) is 32.5 Å². The van der Waals surface area contributed by atoms with Crippen LogP contribution in [-0.4, -0.2) is 31.3 Å². The number of rotatable bonds is 3. The first-order valence-corrected chi connectivity index (χ1v) is 7.75. The maximum Gasteiger partial charge on any atom is 0.224 e. The van der Waals surface area contributed by atoms with Gasteiger partial charge in [0.2, 0.25) is 5.91 Å². The molecule has 0 fully saturated rings. The van der Waals surface area contributed by atoms with E-state index in [-0.39, 0.29) is 11.9 Å². The Labute approximate surface area is 130 Å². The summed E-state index contributed by atoms with van der Waals surface area (Å²) in [7, 11) is 1.91. The molecule has 0 spiro atoms. The Hall–Kier alpha value is -2.11. The third kappa shape index (κ3) is 2.77. The van der Waals surface area contributed by atoms with Gasteiger partial charge in [-0.25, -0.2) is 4.98 Å². The van der Waals surface area contributed by atoms with Crippen molar-refractivity contribution in [1.29, 1.82) is 0 Å². The van der Waals surface area contributed by atoms with Crippen molar-refractivity contribution in [2.45, 2.75) is 52.6 Å². The molecule has 0 saturated carbocycles. The molecule has 1 atom stereocenters. The van der Waals surface area contributed by atoms with Gasteiger partial charge in [-0.1, -0.05) is 0 Å². The maximum atomic E-state index is 12.3. The molecule has 0 aromatic carbocycles. The molecule has 0 aliphatic carbocycles. The number of aromatic nitrogens is 4. The van der Waals surface area contributed by atoms with Crippen LogP contribution in [0.25, 0.3) is 0 Å². The van der Waals surface area contributed by atoms with Gasteiger partial charge < -0.3 is 9.88 Å². The normalized spacial score (nSPS) is 17.4. The van der Waals surface area contributed by atoms with E-state index in [0.29, 0.717) is 6.42 Å². The minimum absolute atomic E-state index is 0.0736. The number of carbonyl (C=O) groups is 1. The second-order valence-electron chi connectivity index (χ2n) is 6.20. The molecule has 118 valence electrons. The van der Waals surface area contributed by atoms with E-state index in [1.165, 1.54) is 0 Å². The maximum absolute atomic E-state index is 12.3. The highest BCUT2D eigenvalue weighted by Crippen LogP contribution is 2.16. The fraction of sp³-hybridized carbons (Fsp3) is 0.562. The predicted octanol–water partition coefficient (Wildman–Crippen LogP) is 1.22. The molecular weight excluding hydrogens is 278 g/mol. The van der Waals surface area contributed by atoms with E-state index in [4.69, 9.17) is 0 Å². The first-order valence-electron chi connectivity index (χ1n) is 7.75. The number of carbonyl (C=O) groups excluding carboxylic acids is 1. The average molecular weight is 301 g/mol. The summed E-state index contributed by atoms with van der Waals surface area (Å²) in [6.45, 7) is 6.78. The van der Waals surface area contributed by atoms with Crippen LogP contribution in [0.5, 0.6) is 0 Å². The molecule has 22 heavy (non-hydrogen) atoms. The van der Waals surface area contributed by atoms with Gasteiger partial charge in [0.15, 0.2) is 0 Å². The lowest BCUT2D eigenvalue weighted by Crippen LogP contribution is -2.41. The second-order valence-corrected chi connectivity index (χ2v) is 6.20. The summed E-state index contributed by atoms with van der Waals surface area (Å²) in [6, 6.07) is 0.186. The lowest BCUT2D eigenvalue weighted by Gasteiger charge is -2.24. The molecule has 2 aromatic heterocycles. The third-order valence-corrected chi connectivity index (χ3v) is 4.47. The van der Waals surface area contributed by atoms with E-state index in [1.54, 1.807) is 0 Å². The van der Waals surface area contributed by atoms with Crippen LogP contribution in [0.1, 0.15) is 34.9 Å². The van der Waals surface area contributed by atoms with Crippen LogP contribution in [0.2, 0.25) is 0 Å². The Kier molecular flexibility index (Phi) is 3.76. The summed E-state index contributed by atoms with van der Waals surface area (Å²) in [5, 5.41) is 7.52. The highest BCUT2D eigenvalue weighted by atomic mass is 16.1. The fourth-order valence-corrected chi connectivity index (χ4v) is 3.22. The van der Waals surface area contributed by atoms with Gasteiger partial charge >= 0.3 is 0 Å². The predicted molar refractivity (Wildman–Crippen MR) is 83.6 cm³/mol. The number of amides is 1. The van der Waals surface area contributed by atoms with Crippen LogP contribution in [0.15, 0.2) is 6.20 Å². The number of hydrogen-bond acceptors (Lipinski definition) is 3. The Morgan fingerprint density at radius 1 is 1.41 bits per heavy atom. The highest BCUT2D eigenvalue weighted by molar-refractivity contribution is 5.79. The molecule has 1 N–H and O–H groups in total. The van der Waals surface area contributed by atoms with Crippen molar-refractivity contribution < 1.29 is 4.79 Å². The lowest BCUT2D eigenvalue weighted by molar-refractivity contribution is -0.121. The number of aryl methyl sites for hydroxylation is 4. The Morgan fingerprint density at radius 2 is 2.18 bits per heavy atom. The first kappa shape index (κ1) is 14.8. The third-order valence-electron chi connectivity index (χ3n) is 4.47. The number of fused-ring (bicyclic) bond motifs is 1. The van der Waals surface area contributed by atoms with Crippen molar-refractivity contribution >= 4 is 5.91 Å². The van der Waals surface area contributed by atoms with Gasteiger partial charge in [0.25, 0.3) is 0 Å². The second kappa shape index (κ2) is 5.59. The minimum atomic E-state index is 0.0736. The first-order chi connectivity index (χ1) is 10.4. The molecule has 0 unspecified atom stereocenters. The SMILES string of the molecule is Cc1cn2c(n1)CC[C@H](NC(=O)Cc1c(C)nn(C)c1C)C2. The van der Waals surface area contributed by atoms with Gasteiger partial charge in [0, 0.05) is 43.5 Å². The molecular formula is C16H23N5O. The summed E-state index contributed by atoms with van der Waals surface area (Å²) < 4.78 is 3.99. The van der Waals surface area contributed by atoms with Gasteiger partial charge in [0.1, 0.15) is 5.82 Å². The minimum Gasteiger partial charge on any atom is -0.351 e. The molecule has 6 nitrogen and oxygen atoms in total. The van der Waals surface area contributed by atoms with Gasteiger partial charge in [0.05, 0.1) is 17.8 Å². The largest absolute Gasteiger partial charge is 0.351 e. The molecule has 6 heteroatoms. The topological polar surface area (TPSA) is 64.7 Å². The standard InChI is InChI=1S/C16H23N5O/c1-10-8-21-9-13(5-6-15(21)17-10)18-16(22)7-14-11(2)19-20(4)12(14)3/h8,13H,5-7,9H2,1-4H3,(H,18,22)/t13-/m0/s1. The lowest BCUT2D eigenvalue weighted by atomic mass is 10.1. The monoisotopic (exact) mass is 301 g/mol. The van der Waals surface area contributed by atoms with Crippen LogP contribution in [0.4, 0.5) is 0 Å². The Morgan fingerprint density at radius 3 is 2.86 bits per heavy atom. The van der Waals surface area contributed by atoms with Crippen molar-refractivity contribution in [2.75, 3.05) is 0 Å². The fourth-order valence-electron chi connectivity index (χ4n) is 3.22. The van der Waals surface area contributed by atoms with Crippen molar-refractivity contribution in [2.24, 2.45) is 7.05 Å². The van der Waals surface area contributed by atoms with Crippen LogP contribution in [0, 0.1) is 20.8 Å². The molecule has 1 aliphatic rings. The summed E-state index contributed by atoms with van der Waals surface area (Å²) in [5.74, 6) is 1.20. The van der Waals surface area contributed by atoms with Crippen molar-refractivity contribution in [3.63, 3.8) is 0 Å². The molecule has 0 radical (unpaired) electrons. The zero-order valence-corrected chi connectivity index (χ0v) is 13.7. The number of nitrogens with zero attached hydrogens (tertiary/aromatic N) is 4. The number of nitrogens with one attached hydrogen (secondary N) is 1. The molecule has 1 amide bonds. The van der Waals surface area contributed by atoms with Crippen LogP contribution in [0.3, 0.4) is 0 Å². The van der Waals surface area contributed by atoms with E-state index in [9.17, 15) is 4.79 Å². The van der Waals surface area contributed by atoms with Gasteiger partial charge in [-0.3, -0.25) is 9.48 Å². The number of hydrogen-bond donors (Lipinski definition) is 1. The van der Waals surface area contributed by atoms with Crippen molar-refractivity contribution in [3.05, 3.63) is 34.7 Å². The van der Waals surface area contributed by atoms with E-state index < -0.39 is 0 Å². The summed E-state index contributed by atoms with van der Waals surface area (Å²) in [5.41, 5.74) is 4.08. The molecule has 0 saturated heterocycles. The zero-order chi connectivity index (χ0) is 15.9. The van der Waals surface area contributed by atoms with Crippen molar-refractivity contribution in [3.8, 4) is 0 Å². The molecule has 1 aliphatic heterocycles. The molecule has 3 rings (SSSR count). The van der Waals surface area contributed by atoms with Crippen LogP contribution >= 0.6 is 0 Å². The molecule has 0 bridgehead atoms. The Balaban J connectivity index is 1.63. The van der Waals surface area contributed by atoms with Gasteiger partial charge in [-0.2, -0.15) is 5.10 Å². The summed E-state index contributed by atoms with van der Waals surface area (Å²) >= 11 is 0. The smallest absolute Gasteiger partial charge is 0.224 e. The van der Waals surface area contributed by atoms with Gasteiger partial charge in [-0.15, -0.1) is 0 Å². The van der Waals surface area contributed by atoms with Crippen molar-refractivity contribution in [1.82, 2.24) is 24.6 Å². The quantitative estimate of drug-likeness (QED) is 0.927. The van der Waals surface area contributed by atoms with E-state index in [2.05, 4.69) is 26.2 Å².